The van der Waals surface area contributed by atoms with Crippen LogP contribution in [-0.4, -0.2) is 49.1 Å². The normalized spacial score (nSPS) is 18.1. The van der Waals surface area contributed by atoms with Crippen molar-refractivity contribution in [3.63, 3.8) is 0 Å². The van der Waals surface area contributed by atoms with E-state index in [9.17, 15) is 14.9 Å². The number of methoxy groups -OCH3 is 1. The minimum absolute atomic E-state index is 0.0147. The topological polar surface area (TPSA) is 119 Å². The molecule has 0 spiro atoms. The predicted molar refractivity (Wildman–Crippen MR) is 123 cm³/mol. The molecule has 0 aliphatic carbocycles. The second-order valence-electron chi connectivity index (χ2n) is 9.64. The number of nitrogens with one attached hydrogen (secondary N) is 4. The number of rotatable bonds is 9. The summed E-state index contributed by atoms with van der Waals surface area (Å²) in [7, 11) is 1.60. The van der Waals surface area contributed by atoms with E-state index in [2.05, 4.69) is 47.8 Å². The van der Waals surface area contributed by atoms with Crippen molar-refractivity contribution in [2.75, 3.05) is 20.2 Å². The number of carbonyl (C=O) groups is 2. The summed E-state index contributed by atoms with van der Waals surface area (Å²) in [4.78, 5) is 28.0. The fourth-order valence-electron chi connectivity index (χ4n) is 4.22. The van der Waals surface area contributed by atoms with Crippen molar-refractivity contribution in [2.45, 2.75) is 52.1 Å². The molecule has 172 valence electrons. The average Bonchev–Trinajstić information content (AvgIpc) is 3.35. The highest BCUT2D eigenvalue weighted by Crippen LogP contribution is 2.26. The molecule has 8 heteroatoms. The van der Waals surface area contributed by atoms with Gasteiger partial charge in [-0.2, -0.15) is 5.26 Å². The number of hydrogen-bond acceptors (Lipinski definition) is 5. The second kappa shape index (κ2) is 10.0. The molecule has 4 N–H and O–H groups in total. The first-order valence-corrected chi connectivity index (χ1v) is 11.1. The van der Waals surface area contributed by atoms with Gasteiger partial charge in [-0.1, -0.05) is 26.8 Å². The molecular weight excluding hydrogens is 406 g/mol. The summed E-state index contributed by atoms with van der Waals surface area (Å²) in [6, 6.07) is 9.07. The van der Waals surface area contributed by atoms with Gasteiger partial charge in [0.25, 0.3) is 5.91 Å². The summed E-state index contributed by atoms with van der Waals surface area (Å²) in [6.45, 7) is 7.46. The maximum atomic E-state index is 13.0. The van der Waals surface area contributed by atoms with E-state index in [1.165, 1.54) is 0 Å². The molecule has 8 nitrogen and oxygen atoms in total. The number of nitrogens with zero attached hydrogens (tertiary/aromatic N) is 1. The predicted octanol–water partition coefficient (Wildman–Crippen LogP) is 2.72. The molecule has 2 amide bonds. The fraction of sp³-hybridized carbons (Fsp3) is 0.542. The standard InChI is InChI=1S/C24H33N5O3/c1-24(2,3)12-17(14-27-16(13-25)10-15-8-9-26-22(15)30)28-23(31)20-11-18-19(29-20)6-5-7-21(18)32-4/h5-7,11,15-17,27,29H,8-10,12,14H2,1-4H3,(H,26,30)(H,28,31). The molecule has 1 aromatic heterocycles. The number of benzene rings is 1. The lowest BCUT2D eigenvalue weighted by Gasteiger charge is -2.28. The first-order chi connectivity index (χ1) is 15.2. The van der Waals surface area contributed by atoms with Gasteiger partial charge >= 0.3 is 0 Å². The van der Waals surface area contributed by atoms with Crippen LogP contribution in [0.25, 0.3) is 10.9 Å². The van der Waals surface area contributed by atoms with Crippen molar-refractivity contribution in [3.05, 3.63) is 30.0 Å². The Hall–Kier alpha value is -3.05. The van der Waals surface area contributed by atoms with Crippen LogP contribution in [0, 0.1) is 22.7 Å². The van der Waals surface area contributed by atoms with E-state index in [0.717, 1.165) is 23.7 Å². The third-order valence-corrected chi connectivity index (χ3v) is 5.73. The number of hydrogen-bond donors (Lipinski definition) is 4. The van der Waals surface area contributed by atoms with Gasteiger partial charge in [0.1, 0.15) is 11.4 Å². The monoisotopic (exact) mass is 439 g/mol. The summed E-state index contributed by atoms with van der Waals surface area (Å²) in [6.07, 6.45) is 1.96. The quantitative estimate of drug-likeness (QED) is 0.479. The van der Waals surface area contributed by atoms with E-state index in [0.29, 0.717) is 31.0 Å². The average molecular weight is 440 g/mol. The van der Waals surface area contributed by atoms with Gasteiger partial charge < -0.3 is 20.4 Å². The van der Waals surface area contributed by atoms with E-state index >= 15 is 0 Å². The summed E-state index contributed by atoms with van der Waals surface area (Å²) in [5.41, 5.74) is 1.28. The zero-order valence-corrected chi connectivity index (χ0v) is 19.2. The Labute approximate surface area is 189 Å². The first kappa shape index (κ1) is 23.6. The fourth-order valence-corrected chi connectivity index (χ4v) is 4.22. The minimum atomic E-state index is -0.444. The summed E-state index contributed by atoms with van der Waals surface area (Å²) in [5, 5.41) is 19.6. The molecule has 1 aliphatic heterocycles. The molecule has 2 aromatic rings. The van der Waals surface area contributed by atoms with Crippen molar-refractivity contribution >= 4 is 22.7 Å². The molecule has 0 radical (unpaired) electrons. The lowest BCUT2D eigenvalue weighted by molar-refractivity contribution is -0.122. The minimum Gasteiger partial charge on any atom is -0.496 e. The molecule has 3 rings (SSSR count). The molecular formula is C24H33N5O3. The number of nitriles is 1. The van der Waals surface area contributed by atoms with Crippen LogP contribution in [0.1, 0.15) is 50.5 Å². The summed E-state index contributed by atoms with van der Waals surface area (Å²) in [5.74, 6) is 0.381. The maximum absolute atomic E-state index is 13.0. The van der Waals surface area contributed by atoms with Crippen LogP contribution < -0.4 is 20.7 Å². The Morgan fingerprint density at radius 3 is 2.78 bits per heavy atom. The molecule has 1 saturated heterocycles. The van der Waals surface area contributed by atoms with Crippen LogP contribution in [0.3, 0.4) is 0 Å². The van der Waals surface area contributed by atoms with E-state index in [4.69, 9.17) is 4.74 Å². The van der Waals surface area contributed by atoms with E-state index < -0.39 is 6.04 Å². The number of aromatic amines is 1. The Bertz CT molecular complexity index is 1000. The van der Waals surface area contributed by atoms with Crippen molar-refractivity contribution in [1.29, 1.82) is 5.26 Å². The molecule has 3 atom stereocenters. The van der Waals surface area contributed by atoms with Crippen molar-refractivity contribution in [2.24, 2.45) is 11.3 Å². The number of H-pyrrole nitrogens is 1. The van der Waals surface area contributed by atoms with Gasteiger partial charge in [-0.05, 0) is 42.9 Å². The van der Waals surface area contributed by atoms with Crippen LogP contribution in [-0.2, 0) is 4.79 Å². The molecule has 0 saturated carbocycles. The molecule has 0 bridgehead atoms. The highest BCUT2D eigenvalue weighted by Gasteiger charge is 2.28. The number of aromatic nitrogens is 1. The largest absolute Gasteiger partial charge is 0.496 e. The van der Waals surface area contributed by atoms with Crippen LogP contribution >= 0.6 is 0 Å². The highest BCUT2D eigenvalue weighted by molar-refractivity contribution is 5.99. The number of amides is 2. The van der Waals surface area contributed by atoms with Crippen LogP contribution in [0.2, 0.25) is 0 Å². The number of fused-ring (bicyclic) bond motifs is 1. The second-order valence-corrected chi connectivity index (χ2v) is 9.64. The SMILES string of the molecule is COc1cccc2[nH]c(C(=O)NC(CNC(C#N)CC3CCNC3=O)CC(C)(C)C)cc12. The maximum Gasteiger partial charge on any atom is 0.267 e. The Morgan fingerprint density at radius 2 is 2.16 bits per heavy atom. The summed E-state index contributed by atoms with van der Waals surface area (Å²) < 4.78 is 5.39. The van der Waals surface area contributed by atoms with Crippen LogP contribution in [0.15, 0.2) is 24.3 Å². The van der Waals surface area contributed by atoms with E-state index in [1.54, 1.807) is 13.2 Å². The zero-order chi connectivity index (χ0) is 23.3. The number of ether oxygens (including phenoxy) is 1. The van der Waals surface area contributed by atoms with Gasteiger partial charge in [-0.15, -0.1) is 0 Å². The Balaban J connectivity index is 1.68. The van der Waals surface area contributed by atoms with Gasteiger partial charge in [0, 0.05) is 36.0 Å². The zero-order valence-electron chi connectivity index (χ0n) is 19.2. The molecule has 1 aliphatic rings. The molecule has 32 heavy (non-hydrogen) atoms. The highest BCUT2D eigenvalue weighted by atomic mass is 16.5. The van der Waals surface area contributed by atoms with E-state index in [-0.39, 0.29) is 29.2 Å². The summed E-state index contributed by atoms with van der Waals surface area (Å²) >= 11 is 0. The van der Waals surface area contributed by atoms with Gasteiger partial charge in [0.05, 0.1) is 19.2 Å². The van der Waals surface area contributed by atoms with Crippen molar-refractivity contribution in [1.82, 2.24) is 20.9 Å². The molecule has 3 unspecified atom stereocenters. The first-order valence-electron chi connectivity index (χ1n) is 11.1. The van der Waals surface area contributed by atoms with E-state index in [1.807, 2.05) is 18.2 Å². The lowest BCUT2D eigenvalue weighted by Crippen LogP contribution is -2.47. The molecule has 2 heterocycles. The smallest absolute Gasteiger partial charge is 0.267 e. The van der Waals surface area contributed by atoms with Crippen LogP contribution in [0.5, 0.6) is 5.75 Å². The Morgan fingerprint density at radius 1 is 1.38 bits per heavy atom. The third-order valence-electron chi connectivity index (χ3n) is 5.73. The van der Waals surface area contributed by atoms with Gasteiger partial charge in [0.15, 0.2) is 0 Å². The molecule has 1 fully saturated rings. The van der Waals surface area contributed by atoms with Crippen molar-refractivity contribution < 1.29 is 14.3 Å². The Kier molecular flexibility index (Phi) is 7.41. The van der Waals surface area contributed by atoms with Crippen molar-refractivity contribution in [3.8, 4) is 11.8 Å². The number of carbonyl (C=O) groups excluding carboxylic acids is 2. The van der Waals surface area contributed by atoms with Crippen LogP contribution in [0.4, 0.5) is 0 Å². The molecule has 1 aromatic carbocycles. The lowest BCUT2D eigenvalue weighted by atomic mass is 9.87. The van der Waals surface area contributed by atoms with Gasteiger partial charge in [-0.3, -0.25) is 14.9 Å². The van der Waals surface area contributed by atoms with Gasteiger partial charge in [0.2, 0.25) is 5.91 Å². The third kappa shape index (κ3) is 6.01. The van der Waals surface area contributed by atoms with Gasteiger partial charge in [-0.25, -0.2) is 0 Å².